The summed E-state index contributed by atoms with van der Waals surface area (Å²) in [5.74, 6) is 1.47. The molecule has 1 heterocycles. The minimum Gasteiger partial charge on any atom is -0.496 e. The van der Waals surface area contributed by atoms with Crippen LogP contribution in [0.15, 0.2) is 18.2 Å². The number of likely N-dealkylation sites (N-methyl/N-ethyl adjacent to an activating group) is 1. The van der Waals surface area contributed by atoms with Gasteiger partial charge in [-0.25, -0.2) is 0 Å². The molecule has 2 rings (SSSR count). The highest BCUT2D eigenvalue weighted by atomic mass is 16.5. The summed E-state index contributed by atoms with van der Waals surface area (Å²) >= 11 is 0. The first-order chi connectivity index (χ1) is 8.13. The van der Waals surface area contributed by atoms with Gasteiger partial charge >= 0.3 is 0 Å². The van der Waals surface area contributed by atoms with Gasteiger partial charge in [0, 0.05) is 5.56 Å². The van der Waals surface area contributed by atoms with Gasteiger partial charge in [0.15, 0.2) is 0 Å². The van der Waals surface area contributed by atoms with E-state index in [-0.39, 0.29) is 5.54 Å². The summed E-state index contributed by atoms with van der Waals surface area (Å²) in [4.78, 5) is 0. The van der Waals surface area contributed by atoms with Gasteiger partial charge in [-0.15, -0.1) is 0 Å². The number of hydrogen-bond donors (Lipinski definition) is 1. The third-order valence-corrected chi connectivity index (χ3v) is 3.58. The van der Waals surface area contributed by atoms with Crippen molar-refractivity contribution in [3.63, 3.8) is 0 Å². The van der Waals surface area contributed by atoms with Gasteiger partial charge in [0.05, 0.1) is 25.9 Å². The predicted octanol–water partition coefficient (Wildman–Crippen LogP) is 2.26. The SMILES string of the molecule is CNC1(c2ccc(C(C)C)cc2OC)COC1. The molecule has 1 saturated heterocycles. The van der Waals surface area contributed by atoms with Gasteiger partial charge in [0.1, 0.15) is 5.75 Å². The minimum absolute atomic E-state index is 0.0686. The van der Waals surface area contributed by atoms with Crippen LogP contribution in [0, 0.1) is 0 Å². The molecule has 0 aromatic heterocycles. The molecule has 1 aromatic carbocycles. The van der Waals surface area contributed by atoms with Gasteiger partial charge in [0.2, 0.25) is 0 Å². The molecule has 1 aliphatic rings. The van der Waals surface area contributed by atoms with E-state index in [1.165, 1.54) is 11.1 Å². The van der Waals surface area contributed by atoms with Crippen LogP contribution in [-0.2, 0) is 10.3 Å². The third-order valence-electron chi connectivity index (χ3n) is 3.58. The maximum absolute atomic E-state index is 5.52. The van der Waals surface area contributed by atoms with Crippen LogP contribution in [0.2, 0.25) is 0 Å². The fourth-order valence-corrected chi connectivity index (χ4v) is 2.20. The Balaban J connectivity index is 2.40. The Kier molecular flexibility index (Phi) is 3.40. The molecule has 0 amide bonds. The molecule has 0 spiro atoms. The molecule has 0 bridgehead atoms. The van der Waals surface area contributed by atoms with Crippen LogP contribution in [0.1, 0.15) is 30.9 Å². The van der Waals surface area contributed by atoms with E-state index in [1.807, 2.05) is 7.05 Å². The molecule has 1 fully saturated rings. The standard InChI is InChI=1S/C14H21NO2/c1-10(2)11-5-6-12(13(7-11)16-4)14(15-3)8-17-9-14/h5-7,10,15H,8-9H2,1-4H3. The Morgan fingerprint density at radius 1 is 1.35 bits per heavy atom. The zero-order chi connectivity index (χ0) is 12.5. The monoisotopic (exact) mass is 235 g/mol. The molecular weight excluding hydrogens is 214 g/mol. The summed E-state index contributed by atoms with van der Waals surface area (Å²) in [5, 5.41) is 3.35. The first kappa shape index (κ1) is 12.4. The first-order valence-electron chi connectivity index (χ1n) is 6.08. The largest absolute Gasteiger partial charge is 0.496 e. The van der Waals surface area contributed by atoms with Crippen molar-refractivity contribution < 1.29 is 9.47 Å². The Hall–Kier alpha value is -1.06. The van der Waals surface area contributed by atoms with Gasteiger partial charge in [-0.3, -0.25) is 0 Å². The lowest BCUT2D eigenvalue weighted by Crippen LogP contribution is -2.56. The molecular formula is C14H21NO2. The molecule has 3 heteroatoms. The normalized spacial score (nSPS) is 17.9. The maximum Gasteiger partial charge on any atom is 0.124 e. The van der Waals surface area contributed by atoms with Crippen molar-refractivity contribution >= 4 is 0 Å². The van der Waals surface area contributed by atoms with Crippen LogP contribution in [-0.4, -0.2) is 27.4 Å². The average Bonchev–Trinajstić information content (AvgIpc) is 2.28. The molecule has 1 aliphatic heterocycles. The van der Waals surface area contributed by atoms with E-state index in [9.17, 15) is 0 Å². The van der Waals surface area contributed by atoms with E-state index in [0.29, 0.717) is 19.1 Å². The zero-order valence-electron chi connectivity index (χ0n) is 11.0. The maximum atomic E-state index is 5.52. The molecule has 0 atom stereocenters. The second-order valence-electron chi connectivity index (χ2n) is 4.94. The molecule has 94 valence electrons. The van der Waals surface area contributed by atoms with E-state index < -0.39 is 0 Å². The lowest BCUT2D eigenvalue weighted by atomic mass is 9.86. The second kappa shape index (κ2) is 4.67. The average molecular weight is 235 g/mol. The smallest absolute Gasteiger partial charge is 0.124 e. The van der Waals surface area contributed by atoms with Crippen LogP contribution in [0.4, 0.5) is 0 Å². The fraction of sp³-hybridized carbons (Fsp3) is 0.571. The Bertz CT molecular complexity index is 392. The lowest BCUT2D eigenvalue weighted by Gasteiger charge is -2.42. The third kappa shape index (κ3) is 2.05. The number of ether oxygens (including phenoxy) is 2. The number of benzene rings is 1. The topological polar surface area (TPSA) is 30.5 Å². The van der Waals surface area contributed by atoms with E-state index in [2.05, 4.69) is 37.4 Å². The lowest BCUT2D eigenvalue weighted by molar-refractivity contribution is -0.0756. The first-order valence-corrected chi connectivity index (χ1v) is 6.08. The number of hydrogen-bond acceptors (Lipinski definition) is 3. The number of nitrogens with one attached hydrogen (secondary N) is 1. The van der Waals surface area contributed by atoms with E-state index >= 15 is 0 Å². The Morgan fingerprint density at radius 2 is 2.06 bits per heavy atom. The van der Waals surface area contributed by atoms with Crippen molar-refractivity contribution in [2.75, 3.05) is 27.4 Å². The molecule has 1 N–H and O–H groups in total. The molecule has 1 aromatic rings. The van der Waals surface area contributed by atoms with Gasteiger partial charge in [-0.05, 0) is 24.6 Å². The highest BCUT2D eigenvalue weighted by Gasteiger charge is 2.40. The van der Waals surface area contributed by atoms with Crippen molar-refractivity contribution in [2.45, 2.75) is 25.3 Å². The van der Waals surface area contributed by atoms with Gasteiger partial charge in [-0.2, -0.15) is 0 Å². The van der Waals surface area contributed by atoms with Crippen molar-refractivity contribution in [1.82, 2.24) is 5.32 Å². The van der Waals surface area contributed by atoms with Crippen molar-refractivity contribution in [1.29, 1.82) is 0 Å². The predicted molar refractivity (Wildman–Crippen MR) is 68.6 cm³/mol. The summed E-state index contributed by atoms with van der Waals surface area (Å²) in [6.45, 7) is 5.80. The van der Waals surface area contributed by atoms with Crippen molar-refractivity contribution in [3.05, 3.63) is 29.3 Å². The van der Waals surface area contributed by atoms with E-state index in [4.69, 9.17) is 9.47 Å². The van der Waals surface area contributed by atoms with Gasteiger partial charge in [0.25, 0.3) is 0 Å². The Morgan fingerprint density at radius 3 is 2.47 bits per heavy atom. The van der Waals surface area contributed by atoms with Crippen LogP contribution in [0.3, 0.4) is 0 Å². The van der Waals surface area contributed by atoms with Gasteiger partial charge in [-0.1, -0.05) is 26.0 Å². The van der Waals surface area contributed by atoms with Crippen LogP contribution >= 0.6 is 0 Å². The van der Waals surface area contributed by atoms with Crippen LogP contribution < -0.4 is 10.1 Å². The minimum atomic E-state index is -0.0686. The van der Waals surface area contributed by atoms with Crippen LogP contribution in [0.5, 0.6) is 5.75 Å². The summed E-state index contributed by atoms with van der Waals surface area (Å²) in [7, 11) is 3.70. The van der Waals surface area contributed by atoms with Gasteiger partial charge < -0.3 is 14.8 Å². The second-order valence-corrected chi connectivity index (χ2v) is 4.94. The number of methoxy groups -OCH3 is 1. The van der Waals surface area contributed by atoms with E-state index in [1.54, 1.807) is 7.11 Å². The molecule has 0 radical (unpaired) electrons. The molecule has 3 nitrogen and oxygen atoms in total. The Labute approximate surface area is 103 Å². The molecule has 0 aliphatic carbocycles. The highest BCUT2D eigenvalue weighted by Crippen LogP contribution is 2.37. The quantitative estimate of drug-likeness (QED) is 0.868. The molecule has 0 saturated carbocycles. The summed E-state index contributed by atoms with van der Waals surface area (Å²) in [6, 6.07) is 6.48. The van der Waals surface area contributed by atoms with Crippen molar-refractivity contribution in [3.8, 4) is 5.75 Å². The summed E-state index contributed by atoms with van der Waals surface area (Å²) in [5.41, 5.74) is 2.43. The van der Waals surface area contributed by atoms with E-state index in [0.717, 1.165) is 5.75 Å². The fourth-order valence-electron chi connectivity index (χ4n) is 2.20. The molecule has 17 heavy (non-hydrogen) atoms. The number of rotatable bonds is 4. The highest BCUT2D eigenvalue weighted by molar-refractivity contribution is 5.44. The summed E-state index contributed by atoms with van der Waals surface area (Å²) in [6.07, 6.45) is 0. The zero-order valence-corrected chi connectivity index (χ0v) is 11.0. The van der Waals surface area contributed by atoms with Crippen LogP contribution in [0.25, 0.3) is 0 Å². The summed E-state index contributed by atoms with van der Waals surface area (Å²) < 4.78 is 10.9. The molecule has 0 unspecified atom stereocenters. The van der Waals surface area contributed by atoms with Crippen molar-refractivity contribution in [2.24, 2.45) is 0 Å².